The van der Waals surface area contributed by atoms with Crippen molar-refractivity contribution in [3.8, 4) is 0 Å². The summed E-state index contributed by atoms with van der Waals surface area (Å²) in [5.41, 5.74) is 0. The molecule has 1 fully saturated rings. The predicted molar refractivity (Wildman–Crippen MR) is 89.2 cm³/mol. The molecule has 0 aliphatic carbocycles. The van der Waals surface area contributed by atoms with E-state index in [1.807, 2.05) is 0 Å². The lowest BCUT2D eigenvalue weighted by Gasteiger charge is -2.21. The van der Waals surface area contributed by atoms with E-state index in [1.165, 1.54) is 9.35 Å². The van der Waals surface area contributed by atoms with Crippen molar-refractivity contribution in [2.45, 2.75) is 38.6 Å². The van der Waals surface area contributed by atoms with Crippen molar-refractivity contribution < 1.29 is 8.42 Å². The lowest BCUT2D eigenvalue weighted by molar-refractivity contribution is 0.404. The van der Waals surface area contributed by atoms with E-state index in [2.05, 4.69) is 39.6 Å². The molecule has 1 aliphatic rings. The topological polar surface area (TPSA) is 46.2 Å². The zero-order valence-electron chi connectivity index (χ0n) is 11.8. The summed E-state index contributed by atoms with van der Waals surface area (Å²) in [5, 5.41) is 5.67. The van der Waals surface area contributed by atoms with Gasteiger partial charge in [-0.25, -0.2) is 8.42 Å². The summed E-state index contributed by atoms with van der Waals surface area (Å²) < 4.78 is 24.3. The SMILES string of the molecule is CCCNC(Cc1sccc1Br)CC1CCS(=O)(=O)C1. The van der Waals surface area contributed by atoms with Gasteiger partial charge < -0.3 is 5.32 Å². The van der Waals surface area contributed by atoms with Crippen LogP contribution in [0.25, 0.3) is 0 Å². The summed E-state index contributed by atoms with van der Waals surface area (Å²) in [4.78, 5) is 1.35. The molecule has 20 heavy (non-hydrogen) atoms. The average Bonchev–Trinajstić information content (AvgIpc) is 2.93. The Morgan fingerprint density at radius 3 is 2.90 bits per heavy atom. The molecule has 0 aromatic carbocycles. The van der Waals surface area contributed by atoms with Crippen molar-refractivity contribution in [2.24, 2.45) is 5.92 Å². The Kier molecular flexibility index (Phi) is 6.08. The van der Waals surface area contributed by atoms with Gasteiger partial charge in [-0.3, -0.25) is 0 Å². The molecular weight excluding hydrogens is 358 g/mol. The van der Waals surface area contributed by atoms with Crippen LogP contribution in [0.15, 0.2) is 15.9 Å². The molecule has 2 atom stereocenters. The van der Waals surface area contributed by atoms with Crippen LogP contribution in [-0.4, -0.2) is 32.5 Å². The van der Waals surface area contributed by atoms with E-state index in [0.717, 1.165) is 32.2 Å². The summed E-state index contributed by atoms with van der Waals surface area (Å²) in [5.74, 6) is 1.08. The number of sulfone groups is 1. The minimum absolute atomic E-state index is 0.327. The second-order valence-corrected chi connectivity index (χ2v) is 9.64. The number of thiophene rings is 1. The molecule has 2 rings (SSSR count). The lowest BCUT2D eigenvalue weighted by atomic mass is 9.96. The molecule has 114 valence electrons. The van der Waals surface area contributed by atoms with Crippen molar-refractivity contribution in [3.63, 3.8) is 0 Å². The maximum atomic E-state index is 11.6. The number of rotatable bonds is 7. The molecule has 0 amide bonds. The maximum absolute atomic E-state index is 11.6. The van der Waals surface area contributed by atoms with Crippen LogP contribution in [-0.2, 0) is 16.3 Å². The Morgan fingerprint density at radius 2 is 2.35 bits per heavy atom. The second kappa shape index (κ2) is 7.38. The molecule has 1 aromatic rings. The first-order valence-electron chi connectivity index (χ1n) is 7.16. The summed E-state index contributed by atoms with van der Waals surface area (Å²) in [6.07, 6.45) is 3.88. The Morgan fingerprint density at radius 1 is 1.55 bits per heavy atom. The van der Waals surface area contributed by atoms with Gasteiger partial charge in [-0.15, -0.1) is 11.3 Å². The molecular formula is C14H22BrNO2S2. The molecule has 0 spiro atoms. The Balaban J connectivity index is 1.95. The van der Waals surface area contributed by atoms with Gasteiger partial charge in [-0.05, 0) is 65.5 Å². The van der Waals surface area contributed by atoms with E-state index in [4.69, 9.17) is 0 Å². The molecule has 1 N–H and O–H groups in total. The van der Waals surface area contributed by atoms with Gasteiger partial charge in [-0.2, -0.15) is 0 Å². The van der Waals surface area contributed by atoms with Gasteiger partial charge >= 0.3 is 0 Å². The van der Waals surface area contributed by atoms with Gasteiger partial charge in [0.05, 0.1) is 11.5 Å². The quantitative estimate of drug-likeness (QED) is 0.790. The third kappa shape index (κ3) is 4.83. The highest BCUT2D eigenvalue weighted by Gasteiger charge is 2.29. The van der Waals surface area contributed by atoms with Gasteiger partial charge in [0.25, 0.3) is 0 Å². The predicted octanol–water partition coefficient (Wildman–Crippen LogP) is 3.25. The summed E-state index contributed by atoms with van der Waals surface area (Å²) >= 11 is 5.34. The number of hydrogen-bond donors (Lipinski definition) is 1. The average molecular weight is 380 g/mol. The minimum Gasteiger partial charge on any atom is -0.314 e. The fraction of sp³-hybridized carbons (Fsp3) is 0.714. The highest BCUT2D eigenvalue weighted by Crippen LogP contribution is 2.28. The van der Waals surface area contributed by atoms with E-state index in [0.29, 0.717) is 23.5 Å². The smallest absolute Gasteiger partial charge is 0.150 e. The van der Waals surface area contributed by atoms with Crippen LogP contribution in [0.3, 0.4) is 0 Å². The van der Waals surface area contributed by atoms with E-state index < -0.39 is 9.84 Å². The zero-order chi connectivity index (χ0) is 14.6. The molecule has 2 heterocycles. The molecule has 1 saturated heterocycles. The normalized spacial score (nSPS) is 23.0. The fourth-order valence-corrected chi connectivity index (χ4v) is 6.22. The number of halogens is 1. The van der Waals surface area contributed by atoms with Crippen LogP contribution in [0.5, 0.6) is 0 Å². The van der Waals surface area contributed by atoms with Crippen molar-refractivity contribution in [3.05, 3.63) is 20.8 Å². The molecule has 6 heteroatoms. The van der Waals surface area contributed by atoms with Gasteiger partial charge in [0, 0.05) is 15.4 Å². The number of hydrogen-bond acceptors (Lipinski definition) is 4. The first-order valence-corrected chi connectivity index (χ1v) is 10.6. The highest BCUT2D eigenvalue weighted by atomic mass is 79.9. The summed E-state index contributed by atoms with van der Waals surface area (Å²) in [6, 6.07) is 2.46. The van der Waals surface area contributed by atoms with Gasteiger partial charge in [0.15, 0.2) is 9.84 Å². The van der Waals surface area contributed by atoms with Crippen molar-refractivity contribution in [1.82, 2.24) is 5.32 Å². The first kappa shape index (κ1) is 16.5. The van der Waals surface area contributed by atoms with Crippen LogP contribution in [0, 0.1) is 5.92 Å². The molecule has 0 saturated carbocycles. The van der Waals surface area contributed by atoms with Gasteiger partial charge in [0.1, 0.15) is 0 Å². The van der Waals surface area contributed by atoms with E-state index in [9.17, 15) is 8.42 Å². The third-order valence-electron chi connectivity index (χ3n) is 3.75. The molecule has 0 radical (unpaired) electrons. The lowest BCUT2D eigenvalue weighted by Crippen LogP contribution is -2.34. The molecule has 1 aliphatic heterocycles. The molecule has 3 nitrogen and oxygen atoms in total. The van der Waals surface area contributed by atoms with E-state index in [-0.39, 0.29) is 0 Å². The van der Waals surface area contributed by atoms with Crippen molar-refractivity contribution >= 4 is 37.1 Å². The third-order valence-corrected chi connectivity index (χ3v) is 7.54. The molecule has 1 aromatic heterocycles. The summed E-state index contributed by atoms with van der Waals surface area (Å²) in [6.45, 7) is 3.15. The van der Waals surface area contributed by atoms with Crippen LogP contribution in [0.4, 0.5) is 0 Å². The van der Waals surface area contributed by atoms with Gasteiger partial charge in [0.2, 0.25) is 0 Å². The van der Waals surface area contributed by atoms with Crippen LogP contribution < -0.4 is 5.32 Å². The molecule has 2 unspecified atom stereocenters. The standard InChI is InChI=1S/C14H22BrNO2S2/c1-2-5-16-12(9-14-13(15)3-6-19-14)8-11-4-7-20(17,18)10-11/h3,6,11-12,16H,2,4-5,7-10H2,1H3. The monoisotopic (exact) mass is 379 g/mol. The maximum Gasteiger partial charge on any atom is 0.150 e. The fourth-order valence-electron chi connectivity index (χ4n) is 2.74. The van der Waals surface area contributed by atoms with Crippen LogP contribution in [0.1, 0.15) is 31.1 Å². The highest BCUT2D eigenvalue weighted by molar-refractivity contribution is 9.10. The van der Waals surface area contributed by atoms with E-state index in [1.54, 1.807) is 11.3 Å². The number of nitrogens with one attached hydrogen (secondary N) is 1. The first-order chi connectivity index (χ1) is 9.50. The largest absolute Gasteiger partial charge is 0.314 e. The minimum atomic E-state index is -2.77. The van der Waals surface area contributed by atoms with Crippen molar-refractivity contribution in [1.29, 1.82) is 0 Å². The van der Waals surface area contributed by atoms with Gasteiger partial charge in [-0.1, -0.05) is 6.92 Å². The second-order valence-electron chi connectivity index (χ2n) is 5.55. The Hall–Kier alpha value is 0.0900. The molecule has 0 bridgehead atoms. The van der Waals surface area contributed by atoms with Crippen molar-refractivity contribution in [2.75, 3.05) is 18.1 Å². The van der Waals surface area contributed by atoms with E-state index >= 15 is 0 Å². The zero-order valence-corrected chi connectivity index (χ0v) is 15.0. The Labute approximate surface area is 134 Å². The summed E-state index contributed by atoms with van der Waals surface area (Å²) in [7, 11) is -2.77. The van der Waals surface area contributed by atoms with Crippen LogP contribution >= 0.6 is 27.3 Å². The van der Waals surface area contributed by atoms with Crippen LogP contribution in [0.2, 0.25) is 0 Å². The Bertz CT molecular complexity index is 527.